The standard InChI is InChI=1S/C20H25N3O/c1-4-23(18-8-6-5-7-9-18)19-13-22(14-19)20(24)21-17-11-15(2)10-16(3)12-17/h5-12,19H,4,13-14H2,1-3H3,(H,21,24). The fourth-order valence-corrected chi connectivity index (χ4v) is 3.34. The van der Waals surface area contributed by atoms with Crippen LogP contribution in [-0.4, -0.2) is 36.6 Å². The number of anilines is 2. The highest BCUT2D eigenvalue weighted by Crippen LogP contribution is 2.23. The van der Waals surface area contributed by atoms with Crippen LogP contribution in [0.1, 0.15) is 18.1 Å². The van der Waals surface area contributed by atoms with Crippen molar-refractivity contribution < 1.29 is 4.79 Å². The molecule has 1 heterocycles. The Morgan fingerprint density at radius 3 is 2.33 bits per heavy atom. The second-order valence-electron chi connectivity index (χ2n) is 6.49. The van der Waals surface area contributed by atoms with E-state index in [1.54, 1.807) is 0 Å². The lowest BCUT2D eigenvalue weighted by molar-refractivity contribution is 0.161. The minimum atomic E-state index is -0.0136. The Bertz CT molecular complexity index is 688. The second-order valence-corrected chi connectivity index (χ2v) is 6.49. The molecule has 126 valence electrons. The van der Waals surface area contributed by atoms with Crippen LogP contribution in [0.25, 0.3) is 0 Å². The summed E-state index contributed by atoms with van der Waals surface area (Å²) in [6.07, 6.45) is 0. The molecule has 4 heteroatoms. The predicted octanol–water partition coefficient (Wildman–Crippen LogP) is 4.05. The van der Waals surface area contributed by atoms with Crippen molar-refractivity contribution in [2.75, 3.05) is 29.9 Å². The van der Waals surface area contributed by atoms with Gasteiger partial charge in [0, 0.05) is 31.0 Å². The van der Waals surface area contributed by atoms with E-state index in [4.69, 9.17) is 0 Å². The number of para-hydroxylation sites is 1. The highest BCUT2D eigenvalue weighted by Gasteiger charge is 2.34. The van der Waals surface area contributed by atoms with Crippen molar-refractivity contribution in [1.29, 1.82) is 0 Å². The smallest absolute Gasteiger partial charge is 0.321 e. The molecule has 2 amide bonds. The zero-order chi connectivity index (χ0) is 17.1. The van der Waals surface area contributed by atoms with E-state index in [0.717, 1.165) is 36.4 Å². The molecule has 24 heavy (non-hydrogen) atoms. The highest BCUT2D eigenvalue weighted by molar-refractivity contribution is 5.90. The molecule has 0 aliphatic carbocycles. The lowest BCUT2D eigenvalue weighted by Crippen LogP contribution is -2.62. The van der Waals surface area contributed by atoms with E-state index in [1.165, 1.54) is 5.69 Å². The van der Waals surface area contributed by atoms with Crippen LogP contribution in [0.5, 0.6) is 0 Å². The summed E-state index contributed by atoms with van der Waals surface area (Å²) < 4.78 is 0. The average molecular weight is 323 g/mol. The maximum absolute atomic E-state index is 12.4. The Balaban J connectivity index is 1.58. The van der Waals surface area contributed by atoms with Gasteiger partial charge in [-0.25, -0.2) is 4.79 Å². The fraction of sp³-hybridized carbons (Fsp3) is 0.350. The Morgan fingerprint density at radius 2 is 1.75 bits per heavy atom. The van der Waals surface area contributed by atoms with Crippen LogP contribution in [0.15, 0.2) is 48.5 Å². The first kappa shape index (κ1) is 16.4. The van der Waals surface area contributed by atoms with Crippen LogP contribution in [0, 0.1) is 13.8 Å². The van der Waals surface area contributed by atoms with Crippen molar-refractivity contribution in [3.8, 4) is 0 Å². The molecule has 0 bridgehead atoms. The topological polar surface area (TPSA) is 35.6 Å². The van der Waals surface area contributed by atoms with Gasteiger partial charge < -0.3 is 15.1 Å². The van der Waals surface area contributed by atoms with Gasteiger partial charge in [0.1, 0.15) is 0 Å². The maximum atomic E-state index is 12.4. The lowest BCUT2D eigenvalue weighted by Gasteiger charge is -2.46. The first-order chi connectivity index (χ1) is 11.6. The van der Waals surface area contributed by atoms with Crippen LogP contribution < -0.4 is 10.2 Å². The first-order valence-electron chi connectivity index (χ1n) is 8.52. The van der Waals surface area contributed by atoms with Gasteiger partial charge in [-0.2, -0.15) is 0 Å². The van der Waals surface area contributed by atoms with Gasteiger partial charge in [-0.05, 0) is 56.2 Å². The maximum Gasteiger partial charge on any atom is 0.321 e. The van der Waals surface area contributed by atoms with Crippen LogP contribution >= 0.6 is 0 Å². The number of nitrogens with one attached hydrogen (secondary N) is 1. The molecule has 1 saturated heterocycles. The van der Waals surface area contributed by atoms with E-state index in [2.05, 4.69) is 47.5 Å². The number of likely N-dealkylation sites (N-methyl/N-ethyl adjacent to an activating group) is 1. The monoisotopic (exact) mass is 323 g/mol. The summed E-state index contributed by atoms with van der Waals surface area (Å²) >= 11 is 0. The Labute approximate surface area is 144 Å². The minimum Gasteiger partial charge on any atom is -0.365 e. The molecule has 1 fully saturated rings. The molecule has 3 rings (SSSR count). The third-order valence-corrected chi connectivity index (χ3v) is 4.49. The largest absolute Gasteiger partial charge is 0.365 e. The Hall–Kier alpha value is -2.49. The Morgan fingerprint density at radius 1 is 1.12 bits per heavy atom. The van der Waals surface area contributed by atoms with Crippen LogP contribution in [-0.2, 0) is 0 Å². The van der Waals surface area contributed by atoms with E-state index in [0.29, 0.717) is 6.04 Å². The van der Waals surface area contributed by atoms with Gasteiger partial charge >= 0.3 is 6.03 Å². The number of amides is 2. The van der Waals surface area contributed by atoms with E-state index in [1.807, 2.05) is 36.9 Å². The quantitative estimate of drug-likeness (QED) is 0.921. The van der Waals surface area contributed by atoms with Gasteiger partial charge in [-0.3, -0.25) is 0 Å². The molecule has 0 spiro atoms. The molecule has 1 aliphatic rings. The number of benzene rings is 2. The summed E-state index contributed by atoms with van der Waals surface area (Å²) in [6.45, 7) is 8.72. The number of aryl methyl sites for hydroxylation is 2. The SMILES string of the molecule is CCN(c1ccccc1)C1CN(C(=O)Nc2cc(C)cc(C)c2)C1. The number of rotatable bonds is 4. The Kier molecular flexibility index (Phi) is 4.74. The van der Waals surface area contributed by atoms with Crippen LogP contribution in [0.3, 0.4) is 0 Å². The van der Waals surface area contributed by atoms with Gasteiger partial charge in [0.15, 0.2) is 0 Å². The van der Waals surface area contributed by atoms with Crippen molar-refractivity contribution in [2.24, 2.45) is 0 Å². The fourth-order valence-electron chi connectivity index (χ4n) is 3.34. The van der Waals surface area contributed by atoms with Crippen molar-refractivity contribution in [3.63, 3.8) is 0 Å². The number of carbonyl (C=O) groups is 1. The summed E-state index contributed by atoms with van der Waals surface area (Å²) in [5, 5.41) is 3.01. The van der Waals surface area contributed by atoms with Gasteiger partial charge in [-0.1, -0.05) is 24.3 Å². The lowest BCUT2D eigenvalue weighted by atomic mass is 10.1. The molecule has 4 nitrogen and oxygen atoms in total. The molecule has 1 N–H and O–H groups in total. The second kappa shape index (κ2) is 6.95. The molecule has 2 aromatic rings. The molecular formula is C20H25N3O. The van der Waals surface area contributed by atoms with Gasteiger partial charge in [0.2, 0.25) is 0 Å². The predicted molar refractivity (Wildman–Crippen MR) is 99.8 cm³/mol. The first-order valence-corrected chi connectivity index (χ1v) is 8.52. The van der Waals surface area contributed by atoms with Gasteiger partial charge in [0.05, 0.1) is 6.04 Å². The van der Waals surface area contributed by atoms with Gasteiger partial charge in [0.25, 0.3) is 0 Å². The molecule has 2 aromatic carbocycles. The highest BCUT2D eigenvalue weighted by atomic mass is 16.2. The third-order valence-electron chi connectivity index (χ3n) is 4.49. The number of likely N-dealkylation sites (tertiary alicyclic amines) is 1. The summed E-state index contributed by atoms with van der Waals surface area (Å²) in [6, 6.07) is 16.9. The number of hydrogen-bond acceptors (Lipinski definition) is 2. The molecule has 0 saturated carbocycles. The summed E-state index contributed by atoms with van der Waals surface area (Å²) in [4.78, 5) is 16.6. The average Bonchev–Trinajstić information content (AvgIpc) is 2.50. The molecule has 0 aromatic heterocycles. The van der Waals surface area contributed by atoms with Crippen molar-refractivity contribution in [1.82, 2.24) is 4.90 Å². The van der Waals surface area contributed by atoms with Crippen molar-refractivity contribution in [2.45, 2.75) is 26.8 Å². The summed E-state index contributed by atoms with van der Waals surface area (Å²) in [7, 11) is 0. The van der Waals surface area contributed by atoms with Crippen LogP contribution in [0.4, 0.5) is 16.2 Å². The summed E-state index contributed by atoms with van der Waals surface area (Å²) in [5.74, 6) is 0. The van der Waals surface area contributed by atoms with E-state index in [-0.39, 0.29) is 6.03 Å². The van der Waals surface area contributed by atoms with Gasteiger partial charge in [-0.15, -0.1) is 0 Å². The minimum absolute atomic E-state index is 0.0136. The number of hydrogen-bond donors (Lipinski definition) is 1. The van der Waals surface area contributed by atoms with E-state index in [9.17, 15) is 4.79 Å². The van der Waals surface area contributed by atoms with Crippen molar-refractivity contribution in [3.05, 3.63) is 59.7 Å². The zero-order valence-corrected chi connectivity index (χ0v) is 14.6. The molecular weight excluding hydrogens is 298 g/mol. The molecule has 1 aliphatic heterocycles. The van der Waals surface area contributed by atoms with E-state index < -0.39 is 0 Å². The zero-order valence-electron chi connectivity index (χ0n) is 14.6. The van der Waals surface area contributed by atoms with Crippen LogP contribution in [0.2, 0.25) is 0 Å². The normalized spacial score (nSPS) is 14.2. The van der Waals surface area contributed by atoms with E-state index >= 15 is 0 Å². The van der Waals surface area contributed by atoms with Crippen molar-refractivity contribution >= 4 is 17.4 Å². The molecule has 0 atom stereocenters. The third kappa shape index (κ3) is 3.53. The number of urea groups is 1. The summed E-state index contributed by atoms with van der Waals surface area (Å²) in [5.41, 5.74) is 4.41. The number of carbonyl (C=O) groups excluding carboxylic acids is 1. The number of nitrogens with zero attached hydrogens (tertiary/aromatic N) is 2. The molecule has 0 unspecified atom stereocenters. The molecule has 0 radical (unpaired) electrons.